The lowest BCUT2D eigenvalue weighted by Crippen LogP contribution is -2.12. The van der Waals surface area contributed by atoms with Gasteiger partial charge in [-0.25, -0.2) is 9.97 Å². The Labute approximate surface area is 174 Å². The smallest absolute Gasteiger partial charge is 0.234 e. The first-order chi connectivity index (χ1) is 14.7. The number of methoxy groups -OCH3 is 1. The second-order valence-electron chi connectivity index (χ2n) is 6.71. The molecule has 0 aliphatic carbocycles. The van der Waals surface area contributed by atoms with Gasteiger partial charge in [0.25, 0.3) is 0 Å². The first kappa shape index (κ1) is 19.4. The van der Waals surface area contributed by atoms with Gasteiger partial charge in [0.05, 0.1) is 19.4 Å². The van der Waals surface area contributed by atoms with Crippen molar-refractivity contribution >= 4 is 17.4 Å². The van der Waals surface area contributed by atoms with E-state index in [0.717, 1.165) is 28.4 Å². The van der Waals surface area contributed by atoms with Gasteiger partial charge >= 0.3 is 0 Å². The number of hydrogen-bond acceptors (Lipinski definition) is 5. The van der Waals surface area contributed by atoms with Gasteiger partial charge in [-0.05, 0) is 48.9 Å². The van der Waals surface area contributed by atoms with Crippen LogP contribution in [0.5, 0.6) is 11.5 Å². The van der Waals surface area contributed by atoms with E-state index in [1.165, 1.54) is 0 Å². The summed E-state index contributed by atoms with van der Waals surface area (Å²) in [7, 11) is 1.62. The number of carbonyl (C=O) groups is 1. The number of benzene rings is 2. The van der Waals surface area contributed by atoms with E-state index in [-0.39, 0.29) is 5.91 Å². The van der Waals surface area contributed by atoms with E-state index in [2.05, 4.69) is 15.3 Å². The minimum atomic E-state index is -0.0435. The molecule has 4 rings (SSSR count). The number of nitrogens with zero attached hydrogens (tertiary/aromatic N) is 3. The van der Waals surface area contributed by atoms with Crippen molar-refractivity contribution in [2.24, 2.45) is 0 Å². The van der Waals surface area contributed by atoms with Crippen LogP contribution in [0.15, 0.2) is 73.2 Å². The largest absolute Gasteiger partial charge is 0.497 e. The monoisotopic (exact) mass is 402 g/mol. The van der Waals surface area contributed by atoms with Crippen molar-refractivity contribution in [3.63, 3.8) is 0 Å². The zero-order valence-electron chi connectivity index (χ0n) is 16.6. The molecule has 0 aliphatic heterocycles. The third kappa shape index (κ3) is 4.75. The number of aromatic nitrogens is 3. The van der Waals surface area contributed by atoms with Crippen LogP contribution in [0.1, 0.15) is 12.8 Å². The summed E-state index contributed by atoms with van der Waals surface area (Å²) < 4.78 is 12.6. The highest BCUT2D eigenvalue weighted by atomic mass is 16.5. The van der Waals surface area contributed by atoms with E-state index in [9.17, 15) is 4.79 Å². The summed E-state index contributed by atoms with van der Waals surface area (Å²) in [6.07, 6.45) is 6.57. The predicted octanol–water partition coefficient (Wildman–Crippen LogP) is 4.20. The summed E-state index contributed by atoms with van der Waals surface area (Å²) in [4.78, 5) is 20.9. The van der Waals surface area contributed by atoms with Crippen LogP contribution < -0.4 is 14.8 Å². The number of hydrogen-bond donors (Lipinski definition) is 1. The van der Waals surface area contributed by atoms with Crippen LogP contribution in [0, 0.1) is 0 Å². The summed E-state index contributed by atoms with van der Waals surface area (Å²) in [5.41, 5.74) is 2.55. The van der Waals surface area contributed by atoms with Crippen LogP contribution in [-0.2, 0) is 4.79 Å². The Kier molecular flexibility index (Phi) is 5.89. The van der Waals surface area contributed by atoms with E-state index in [4.69, 9.17) is 9.47 Å². The highest BCUT2D eigenvalue weighted by molar-refractivity contribution is 5.90. The van der Waals surface area contributed by atoms with Crippen molar-refractivity contribution in [2.75, 3.05) is 19.0 Å². The van der Waals surface area contributed by atoms with Gasteiger partial charge in [0.1, 0.15) is 11.5 Å². The Morgan fingerprint density at radius 3 is 2.57 bits per heavy atom. The maximum Gasteiger partial charge on any atom is 0.234 e. The Balaban J connectivity index is 1.25. The normalized spacial score (nSPS) is 10.7. The van der Waals surface area contributed by atoms with E-state index >= 15 is 0 Å². The average Bonchev–Trinajstić information content (AvgIpc) is 3.22. The quantitative estimate of drug-likeness (QED) is 0.447. The molecule has 0 radical (unpaired) electrons. The molecule has 0 bridgehead atoms. The molecule has 0 fully saturated rings. The lowest BCUT2D eigenvalue weighted by molar-refractivity contribution is -0.116. The molecule has 2 aromatic heterocycles. The van der Waals surface area contributed by atoms with Crippen LogP contribution >= 0.6 is 0 Å². The fourth-order valence-corrected chi connectivity index (χ4v) is 3.01. The summed E-state index contributed by atoms with van der Waals surface area (Å²) >= 11 is 0. The van der Waals surface area contributed by atoms with Crippen molar-refractivity contribution in [3.8, 4) is 22.8 Å². The van der Waals surface area contributed by atoms with Gasteiger partial charge in [0, 0.05) is 36.3 Å². The number of ether oxygens (including phenoxy) is 2. The van der Waals surface area contributed by atoms with Gasteiger partial charge in [0.2, 0.25) is 11.7 Å². The van der Waals surface area contributed by atoms with Crippen LogP contribution in [-0.4, -0.2) is 34.0 Å². The van der Waals surface area contributed by atoms with Gasteiger partial charge in [0.15, 0.2) is 0 Å². The van der Waals surface area contributed by atoms with Gasteiger partial charge in [-0.15, -0.1) is 0 Å². The molecule has 1 N–H and O–H groups in total. The minimum absolute atomic E-state index is 0.0435. The van der Waals surface area contributed by atoms with Gasteiger partial charge in [-0.1, -0.05) is 12.1 Å². The molecule has 0 saturated carbocycles. The number of carbonyl (C=O) groups excluding carboxylic acids is 1. The summed E-state index contributed by atoms with van der Waals surface area (Å²) in [6.45, 7) is 0.473. The van der Waals surface area contributed by atoms with E-state index in [1.807, 2.05) is 71.4 Å². The van der Waals surface area contributed by atoms with Gasteiger partial charge < -0.3 is 14.8 Å². The van der Waals surface area contributed by atoms with Crippen LogP contribution in [0.25, 0.3) is 17.0 Å². The first-order valence-corrected chi connectivity index (χ1v) is 9.68. The third-order valence-electron chi connectivity index (χ3n) is 4.58. The third-order valence-corrected chi connectivity index (χ3v) is 4.58. The number of amides is 1. The van der Waals surface area contributed by atoms with Crippen LogP contribution in [0.3, 0.4) is 0 Å². The van der Waals surface area contributed by atoms with Crippen molar-refractivity contribution in [1.82, 2.24) is 14.4 Å². The van der Waals surface area contributed by atoms with Crippen molar-refractivity contribution in [3.05, 3.63) is 73.2 Å². The highest BCUT2D eigenvalue weighted by Gasteiger charge is 2.07. The molecule has 2 heterocycles. The number of imidazole rings is 1. The molecule has 30 heavy (non-hydrogen) atoms. The second-order valence-corrected chi connectivity index (χ2v) is 6.71. The molecule has 0 saturated heterocycles. The molecule has 7 nitrogen and oxygen atoms in total. The zero-order valence-corrected chi connectivity index (χ0v) is 16.6. The average molecular weight is 402 g/mol. The molecule has 7 heteroatoms. The zero-order chi connectivity index (χ0) is 20.8. The van der Waals surface area contributed by atoms with Crippen molar-refractivity contribution < 1.29 is 14.3 Å². The number of fused-ring (bicyclic) bond motifs is 1. The molecule has 2 aromatic carbocycles. The predicted molar refractivity (Wildman–Crippen MR) is 115 cm³/mol. The topological polar surface area (TPSA) is 77.8 Å². The molecule has 0 atom stereocenters. The fraction of sp³-hybridized carbons (Fsp3) is 0.174. The fourth-order valence-electron chi connectivity index (χ4n) is 3.01. The Hall–Kier alpha value is -3.87. The van der Waals surface area contributed by atoms with Crippen LogP contribution in [0.4, 0.5) is 5.69 Å². The molecule has 0 aliphatic rings. The molecule has 0 unspecified atom stereocenters. The van der Waals surface area contributed by atoms with Crippen molar-refractivity contribution in [2.45, 2.75) is 12.8 Å². The maximum atomic E-state index is 12.2. The molecule has 152 valence electrons. The Morgan fingerprint density at radius 1 is 1.07 bits per heavy atom. The second kappa shape index (κ2) is 9.09. The molecule has 4 aromatic rings. The van der Waals surface area contributed by atoms with Crippen LogP contribution in [0.2, 0.25) is 0 Å². The Bertz CT molecular complexity index is 1090. The number of nitrogens with one attached hydrogen (secondary N) is 1. The van der Waals surface area contributed by atoms with E-state index in [1.54, 1.807) is 13.3 Å². The molecule has 1 amide bonds. The first-order valence-electron chi connectivity index (χ1n) is 9.68. The Morgan fingerprint density at radius 2 is 1.83 bits per heavy atom. The standard InChI is InChI=1S/C23H22N4O3/c1-29-19-9-11-20(12-10-19)30-15-2-4-22(28)25-18-7-5-17(6-8-18)21-16-27-14-3-13-24-23(27)26-21/h3,5-14,16H,2,4,15H2,1H3,(H,25,28). The van der Waals surface area contributed by atoms with Gasteiger partial charge in [-0.3, -0.25) is 9.20 Å². The number of rotatable bonds is 8. The van der Waals surface area contributed by atoms with Gasteiger partial charge in [-0.2, -0.15) is 0 Å². The maximum absolute atomic E-state index is 12.2. The van der Waals surface area contributed by atoms with Crippen molar-refractivity contribution in [1.29, 1.82) is 0 Å². The SMILES string of the molecule is COc1ccc(OCCCC(=O)Nc2ccc(-c3cn4cccnc4n3)cc2)cc1. The lowest BCUT2D eigenvalue weighted by atomic mass is 10.1. The summed E-state index contributed by atoms with van der Waals surface area (Å²) in [6, 6.07) is 16.9. The van der Waals surface area contributed by atoms with E-state index in [0.29, 0.717) is 25.2 Å². The molecule has 0 spiro atoms. The lowest BCUT2D eigenvalue weighted by Gasteiger charge is -2.08. The highest BCUT2D eigenvalue weighted by Crippen LogP contribution is 2.21. The summed E-state index contributed by atoms with van der Waals surface area (Å²) in [5.74, 6) is 2.15. The minimum Gasteiger partial charge on any atom is -0.497 e. The molecular formula is C23H22N4O3. The summed E-state index contributed by atoms with van der Waals surface area (Å²) in [5, 5.41) is 2.91. The van der Waals surface area contributed by atoms with E-state index < -0.39 is 0 Å². The number of anilines is 1. The molecular weight excluding hydrogens is 380 g/mol.